The number of amides is 2. The molecule has 0 saturated carbocycles. The van der Waals surface area contributed by atoms with Crippen LogP contribution in [0, 0.1) is 12.7 Å². The number of aromatic nitrogens is 3. The second-order valence-corrected chi connectivity index (χ2v) is 8.35. The van der Waals surface area contributed by atoms with Gasteiger partial charge in [-0.1, -0.05) is 18.2 Å². The molecule has 168 valence electrons. The number of halogens is 1. The van der Waals surface area contributed by atoms with E-state index >= 15 is 0 Å². The van der Waals surface area contributed by atoms with Gasteiger partial charge in [-0.2, -0.15) is 0 Å². The van der Waals surface area contributed by atoms with Gasteiger partial charge in [0, 0.05) is 56.6 Å². The van der Waals surface area contributed by atoms with E-state index in [4.69, 9.17) is 0 Å². The van der Waals surface area contributed by atoms with Crippen LogP contribution in [-0.4, -0.2) is 52.1 Å². The van der Waals surface area contributed by atoms with E-state index in [0.717, 1.165) is 40.3 Å². The van der Waals surface area contributed by atoms with Gasteiger partial charge in [0.25, 0.3) is 0 Å². The van der Waals surface area contributed by atoms with Gasteiger partial charge in [0.2, 0.25) is 0 Å². The highest BCUT2D eigenvalue weighted by Gasteiger charge is 2.26. The number of piperazine rings is 1. The molecule has 2 aliphatic rings. The number of hydrogen-bond acceptors (Lipinski definition) is 5. The number of aryl methyl sites for hydroxylation is 1. The predicted octanol–water partition coefficient (Wildman–Crippen LogP) is 3.45. The lowest BCUT2D eigenvalue weighted by Gasteiger charge is -2.36. The molecule has 0 bridgehead atoms. The molecule has 0 radical (unpaired) electrons. The van der Waals surface area contributed by atoms with E-state index in [2.05, 4.69) is 37.3 Å². The van der Waals surface area contributed by atoms with Gasteiger partial charge >= 0.3 is 6.03 Å². The Morgan fingerprint density at radius 1 is 1.03 bits per heavy atom. The molecule has 33 heavy (non-hydrogen) atoms. The first-order chi connectivity index (χ1) is 16.1. The summed E-state index contributed by atoms with van der Waals surface area (Å²) in [6.07, 6.45) is 6.46. The van der Waals surface area contributed by atoms with Crippen LogP contribution in [0.2, 0.25) is 0 Å². The Bertz CT molecular complexity index is 1180. The van der Waals surface area contributed by atoms with Crippen molar-refractivity contribution in [1.29, 1.82) is 0 Å². The first-order valence-electron chi connectivity index (χ1n) is 11.1. The normalized spacial score (nSPS) is 15.3. The molecule has 5 rings (SSSR count). The fraction of sp³-hybridized carbons (Fsp3) is 0.280. The number of nitrogens with one attached hydrogen (secondary N) is 1. The van der Waals surface area contributed by atoms with Crippen LogP contribution in [0.25, 0.3) is 11.6 Å². The van der Waals surface area contributed by atoms with Crippen molar-refractivity contribution in [3.8, 4) is 0 Å². The number of nitrogens with zero attached hydrogens (tertiary/aromatic N) is 5. The molecule has 0 atom stereocenters. The van der Waals surface area contributed by atoms with Crippen LogP contribution in [-0.2, 0) is 13.0 Å². The largest absolute Gasteiger partial charge is 0.352 e. The van der Waals surface area contributed by atoms with Crippen molar-refractivity contribution in [2.24, 2.45) is 0 Å². The predicted molar refractivity (Wildman–Crippen MR) is 125 cm³/mol. The molecule has 1 N–H and O–H groups in total. The molecular weight excluding hydrogens is 419 g/mol. The Kier molecular flexibility index (Phi) is 5.73. The molecule has 3 aromatic rings. The molecule has 1 aromatic carbocycles. The Balaban J connectivity index is 1.22. The van der Waals surface area contributed by atoms with Gasteiger partial charge in [0.1, 0.15) is 18.0 Å². The first-order valence-corrected chi connectivity index (χ1v) is 11.1. The minimum Gasteiger partial charge on any atom is -0.352 e. The molecule has 3 heterocycles. The third kappa shape index (κ3) is 4.55. The lowest BCUT2D eigenvalue weighted by atomic mass is 10.1. The third-order valence-electron chi connectivity index (χ3n) is 6.13. The van der Waals surface area contributed by atoms with Gasteiger partial charge in [0.15, 0.2) is 0 Å². The smallest absolute Gasteiger partial charge is 0.317 e. The van der Waals surface area contributed by atoms with Crippen LogP contribution in [0.3, 0.4) is 0 Å². The number of carbonyl (C=O) groups excluding carboxylic acids is 1. The lowest BCUT2D eigenvalue weighted by molar-refractivity contribution is 0.194. The Morgan fingerprint density at radius 3 is 2.55 bits per heavy atom. The summed E-state index contributed by atoms with van der Waals surface area (Å²) in [5, 5.41) is 2.92. The summed E-state index contributed by atoms with van der Waals surface area (Å²) in [4.78, 5) is 30.1. The number of allylic oxidation sites excluding steroid dienone is 1. The van der Waals surface area contributed by atoms with E-state index in [0.29, 0.717) is 32.7 Å². The van der Waals surface area contributed by atoms with E-state index < -0.39 is 0 Å². The summed E-state index contributed by atoms with van der Waals surface area (Å²) in [5.41, 5.74) is 6.24. The zero-order valence-electron chi connectivity index (χ0n) is 18.5. The summed E-state index contributed by atoms with van der Waals surface area (Å²) >= 11 is 0. The van der Waals surface area contributed by atoms with Crippen molar-refractivity contribution < 1.29 is 9.18 Å². The molecule has 0 spiro atoms. The number of fused-ring (bicyclic) bond motifs is 1. The van der Waals surface area contributed by atoms with Crippen LogP contribution in [0.5, 0.6) is 0 Å². The fourth-order valence-corrected chi connectivity index (χ4v) is 4.22. The molecule has 0 unspecified atom stereocenters. The highest BCUT2D eigenvalue weighted by Crippen LogP contribution is 2.35. The minimum atomic E-state index is -0.282. The topological polar surface area (TPSA) is 74.2 Å². The quantitative estimate of drug-likeness (QED) is 0.667. The van der Waals surface area contributed by atoms with E-state index in [9.17, 15) is 9.18 Å². The van der Waals surface area contributed by atoms with E-state index in [-0.39, 0.29) is 11.8 Å². The molecular formula is C25H25FN6O. The van der Waals surface area contributed by atoms with E-state index in [1.807, 2.05) is 19.2 Å². The average molecular weight is 445 g/mol. The van der Waals surface area contributed by atoms with Crippen LogP contribution < -0.4 is 10.2 Å². The molecule has 2 amide bonds. The van der Waals surface area contributed by atoms with E-state index in [1.54, 1.807) is 23.4 Å². The minimum absolute atomic E-state index is 0.110. The molecule has 2 aromatic heterocycles. The lowest BCUT2D eigenvalue weighted by Crippen LogP contribution is -2.52. The number of pyridine rings is 1. The number of urea groups is 1. The van der Waals surface area contributed by atoms with Gasteiger partial charge in [-0.3, -0.25) is 4.98 Å². The van der Waals surface area contributed by atoms with Gasteiger partial charge in [-0.05, 0) is 47.9 Å². The van der Waals surface area contributed by atoms with E-state index in [1.165, 1.54) is 17.7 Å². The molecule has 1 saturated heterocycles. The summed E-state index contributed by atoms with van der Waals surface area (Å²) in [5.74, 6) is 0.636. The standard InChI is InChI=1S/C25H25FN6O/c1-17-2-5-19(15-27-17)20-12-22-23(13-20)29-16-30-24(22)31-8-10-32(11-9-31)25(33)28-14-18-3-6-21(26)7-4-18/h2-7,12,15-16H,8-11,13-14H2,1H3,(H,28,33). The van der Waals surface area contributed by atoms with Crippen molar-refractivity contribution in [1.82, 2.24) is 25.2 Å². The SMILES string of the molecule is Cc1ccc(C2=Cc3c(ncnc3N3CCN(C(=O)NCc4ccc(F)cc4)CC3)C2)cn1. The van der Waals surface area contributed by atoms with Crippen molar-refractivity contribution in [2.75, 3.05) is 31.1 Å². The zero-order chi connectivity index (χ0) is 22.8. The molecule has 8 heteroatoms. The van der Waals surface area contributed by atoms with Crippen molar-refractivity contribution in [2.45, 2.75) is 19.9 Å². The van der Waals surface area contributed by atoms with Crippen LogP contribution in [0.15, 0.2) is 48.9 Å². The van der Waals surface area contributed by atoms with Gasteiger partial charge in [0.05, 0.1) is 5.69 Å². The average Bonchev–Trinajstić information content (AvgIpc) is 3.28. The second-order valence-electron chi connectivity index (χ2n) is 8.35. The number of benzene rings is 1. The summed E-state index contributed by atoms with van der Waals surface area (Å²) in [7, 11) is 0. The number of hydrogen-bond donors (Lipinski definition) is 1. The molecule has 7 nitrogen and oxygen atoms in total. The van der Waals surface area contributed by atoms with Gasteiger partial charge in [-0.15, -0.1) is 0 Å². The molecule has 1 fully saturated rings. The maximum atomic E-state index is 13.0. The number of rotatable bonds is 4. The highest BCUT2D eigenvalue weighted by molar-refractivity contribution is 5.91. The Morgan fingerprint density at radius 2 is 1.82 bits per heavy atom. The second kappa shape index (κ2) is 8.97. The zero-order valence-corrected chi connectivity index (χ0v) is 18.5. The summed E-state index contributed by atoms with van der Waals surface area (Å²) < 4.78 is 13.0. The van der Waals surface area contributed by atoms with Crippen LogP contribution in [0.1, 0.15) is 28.1 Å². The fourth-order valence-electron chi connectivity index (χ4n) is 4.22. The maximum absolute atomic E-state index is 13.0. The van der Waals surface area contributed by atoms with Gasteiger partial charge < -0.3 is 15.1 Å². The van der Waals surface area contributed by atoms with Crippen molar-refractivity contribution in [3.63, 3.8) is 0 Å². The Labute approximate surface area is 192 Å². The number of anilines is 1. The highest BCUT2D eigenvalue weighted by atomic mass is 19.1. The third-order valence-corrected chi connectivity index (χ3v) is 6.13. The molecule has 1 aliphatic heterocycles. The Hall–Kier alpha value is -3.81. The maximum Gasteiger partial charge on any atom is 0.317 e. The first kappa shape index (κ1) is 21.1. The molecule has 1 aliphatic carbocycles. The van der Waals surface area contributed by atoms with Gasteiger partial charge in [-0.25, -0.2) is 19.2 Å². The summed E-state index contributed by atoms with van der Waals surface area (Å²) in [6.45, 7) is 4.96. The number of carbonyl (C=O) groups is 1. The van der Waals surface area contributed by atoms with Crippen LogP contribution >= 0.6 is 0 Å². The summed E-state index contributed by atoms with van der Waals surface area (Å²) in [6, 6.07) is 10.2. The van der Waals surface area contributed by atoms with Crippen molar-refractivity contribution >= 4 is 23.5 Å². The van der Waals surface area contributed by atoms with Crippen molar-refractivity contribution in [3.05, 3.63) is 82.8 Å². The van der Waals surface area contributed by atoms with Crippen LogP contribution in [0.4, 0.5) is 15.0 Å². The monoisotopic (exact) mass is 444 g/mol.